The van der Waals surface area contributed by atoms with Gasteiger partial charge in [0.2, 0.25) is 0 Å². The molecule has 0 N–H and O–H groups in total. The quantitative estimate of drug-likeness (QED) is 0.0309. The van der Waals surface area contributed by atoms with E-state index in [1.54, 1.807) is 0 Å². The number of nitrogens with zero attached hydrogens (tertiary/aromatic N) is 10. The first kappa shape index (κ1) is 98.6. The molecule has 2 atom stereocenters. The maximum absolute atomic E-state index is 6.44. The van der Waals surface area contributed by atoms with Crippen LogP contribution in [0.15, 0.2) is 249 Å². The average Bonchev–Trinajstić information content (AvgIpc) is 0.828. The van der Waals surface area contributed by atoms with Crippen LogP contribution in [0.25, 0.3) is 96.5 Å². The standard InChI is InChI=1S/C44H42N3.C37H49N4O2.C34H34N3.3Ir/c1-26(2)36-24-30(44(5,6)7)25-37(27(3)4)41(36)47-43(28-15-9-8-10-16-28)45-42(46-47)29-21-22-35-38(23-29)40-33-19-13-11-17-31(33)39(35)32-18-12-14-20-34(32)40;1-7-11-16-29(9-3)25-42-34-22-32(23-35(24-34)43-26-30(10-4)17-12-8-2)36-39-37(31-18-14-13-15-19-31)41(40-36)33-20-27(5)38-28(6)21-33;1-4-5-6-9-15-27-22-25(2)32(26(3)23-27)37-34(29-18-12-8-13-19-29)35-33(36-37)31-21-14-20-30(24-31)28-16-10-7-11-17-28;;;/h8-15,17-27,39-40H,1-7H3;13-15,18,20-24,29-30H,7-12,16-17,25-26H2,1-6H3;7-8,10-14,16-18,20-24H,4-6,9,15H2,1-3H3;;;/q3*-1;;;. The van der Waals surface area contributed by atoms with E-state index in [0.29, 0.717) is 48.5 Å². The molecule has 0 fully saturated rings. The van der Waals surface area contributed by atoms with Crippen molar-refractivity contribution in [3.05, 3.63) is 345 Å². The van der Waals surface area contributed by atoms with Crippen molar-refractivity contribution in [3.63, 3.8) is 0 Å². The van der Waals surface area contributed by atoms with Crippen LogP contribution in [0.1, 0.15) is 262 Å². The molecule has 0 spiro atoms. The Hall–Kier alpha value is -10.5. The van der Waals surface area contributed by atoms with Gasteiger partial charge in [0.15, 0.2) is 17.5 Å². The molecule has 11 aromatic carbocycles. The molecule has 3 aliphatic rings. The van der Waals surface area contributed by atoms with Crippen molar-refractivity contribution in [2.45, 2.75) is 223 Å². The van der Waals surface area contributed by atoms with Gasteiger partial charge in [-0.25, -0.2) is 0 Å². The Bertz CT molecular complexity index is 6070. The van der Waals surface area contributed by atoms with Gasteiger partial charge in [-0.2, -0.15) is 15.3 Å². The predicted molar refractivity (Wildman–Crippen MR) is 522 cm³/mol. The van der Waals surface area contributed by atoms with Crippen LogP contribution in [0.2, 0.25) is 0 Å². The van der Waals surface area contributed by atoms with E-state index in [-0.39, 0.29) is 77.6 Å². The predicted octanol–water partition coefficient (Wildman–Crippen LogP) is 29.3. The van der Waals surface area contributed by atoms with E-state index in [1.165, 1.54) is 137 Å². The first-order chi connectivity index (χ1) is 61.7. The zero-order valence-electron chi connectivity index (χ0n) is 78.5. The number of benzene rings is 11. The van der Waals surface area contributed by atoms with E-state index in [4.69, 9.17) is 39.7 Å². The summed E-state index contributed by atoms with van der Waals surface area (Å²) in [7, 11) is 0. The molecule has 3 aliphatic carbocycles. The number of rotatable bonds is 31. The fourth-order valence-corrected chi connectivity index (χ4v) is 18.2. The van der Waals surface area contributed by atoms with Crippen LogP contribution < -0.4 is 9.47 Å². The summed E-state index contributed by atoms with van der Waals surface area (Å²) in [5.74, 6) is 8.16. The SMILES string of the molecule is CC(C)c1cc(C(C)(C)C)cc(C(C)C)c1-n1nc(-c2ccc3c(c2)C2c4ccccc4C3c3ccccc32)nc1-c1[c-]cccc1.CCCCC(CC)COc1cc(OCC(CC)CCCC)cc(-c2nc(-c3[c-]cccc3)n(-c3cc(C)nc(C)c3)n2)c1.CCCCCCc1cc(C)c(-n2nc(-c3cccc(-c4ccccc4)c3)nc2-c2[c-]cccc2)c(C)c1.[Ir].[Ir].[Ir]. The van der Waals surface area contributed by atoms with Crippen LogP contribution in [0.3, 0.4) is 0 Å². The van der Waals surface area contributed by atoms with Gasteiger partial charge in [0.1, 0.15) is 11.5 Å². The molecule has 15 heteroatoms. The van der Waals surface area contributed by atoms with Gasteiger partial charge in [0, 0.05) is 106 Å². The van der Waals surface area contributed by atoms with E-state index in [9.17, 15) is 0 Å². The second-order valence-corrected chi connectivity index (χ2v) is 36.5. The topological polar surface area (TPSA) is 123 Å². The van der Waals surface area contributed by atoms with Gasteiger partial charge in [0.05, 0.1) is 47.7 Å². The first-order valence-corrected chi connectivity index (χ1v) is 46.6. The van der Waals surface area contributed by atoms with Gasteiger partial charge in [-0.05, 0) is 197 Å². The molecule has 130 heavy (non-hydrogen) atoms. The minimum atomic E-state index is 0. The summed E-state index contributed by atoms with van der Waals surface area (Å²) < 4.78 is 18.9. The van der Waals surface area contributed by atoms with E-state index in [2.05, 4.69) is 295 Å². The Morgan fingerprint density at radius 2 is 0.792 bits per heavy atom. The average molecular weight is 2260 g/mol. The minimum Gasteiger partial charge on any atom is -0.493 e. The number of aryl methyl sites for hydroxylation is 5. The number of ether oxygens (including phenoxy) is 2. The van der Waals surface area contributed by atoms with Crippen molar-refractivity contribution in [1.29, 1.82) is 0 Å². The maximum atomic E-state index is 6.44. The van der Waals surface area contributed by atoms with Crippen molar-refractivity contribution in [1.82, 2.24) is 49.3 Å². The summed E-state index contributed by atoms with van der Waals surface area (Å²) >= 11 is 0. The van der Waals surface area contributed by atoms with Crippen molar-refractivity contribution < 1.29 is 69.8 Å². The smallest absolute Gasteiger partial charge is 0.172 e. The maximum Gasteiger partial charge on any atom is 0.172 e. The molecule has 0 saturated carbocycles. The van der Waals surface area contributed by atoms with Crippen LogP contribution in [-0.2, 0) is 72.2 Å². The van der Waals surface area contributed by atoms with Crippen molar-refractivity contribution in [3.8, 4) is 108 Å². The van der Waals surface area contributed by atoms with Gasteiger partial charge < -0.3 is 9.47 Å². The molecule has 677 valence electrons. The van der Waals surface area contributed by atoms with Crippen molar-refractivity contribution in [2.75, 3.05) is 13.2 Å². The molecule has 4 aromatic heterocycles. The van der Waals surface area contributed by atoms with Gasteiger partial charge in [-0.15, -0.1) is 108 Å². The van der Waals surface area contributed by atoms with E-state index in [0.717, 1.165) is 121 Å². The minimum absolute atomic E-state index is 0. The van der Waals surface area contributed by atoms with Crippen LogP contribution in [-0.4, -0.2) is 62.5 Å². The molecular formula is C115H125Ir3N10O2-3. The Kier molecular flexibility index (Phi) is 34.6. The zero-order valence-corrected chi connectivity index (χ0v) is 85.7. The molecule has 4 heterocycles. The fraction of sp³-hybridized carbons (Fsp3) is 0.330. The van der Waals surface area contributed by atoms with Crippen molar-refractivity contribution in [2.24, 2.45) is 11.8 Å². The molecule has 2 unspecified atom stereocenters. The van der Waals surface area contributed by atoms with E-state index in [1.807, 2.05) is 102 Å². The Labute approximate surface area is 813 Å². The molecule has 15 aromatic rings. The van der Waals surface area contributed by atoms with Crippen LogP contribution in [0, 0.1) is 57.7 Å². The number of hydrogen-bond acceptors (Lipinski definition) is 9. The number of unbranched alkanes of at least 4 members (excludes halogenated alkanes) is 5. The van der Waals surface area contributed by atoms with Gasteiger partial charge in [0.25, 0.3) is 0 Å². The Balaban J connectivity index is 0.000000176. The molecule has 0 amide bonds. The molecule has 3 radical (unpaired) electrons. The fourth-order valence-electron chi connectivity index (χ4n) is 18.2. The number of hydrogen-bond donors (Lipinski definition) is 0. The third-order valence-corrected chi connectivity index (χ3v) is 25.2. The molecule has 2 bridgehead atoms. The van der Waals surface area contributed by atoms with Gasteiger partial charge in [-0.1, -0.05) is 274 Å². The van der Waals surface area contributed by atoms with Crippen molar-refractivity contribution >= 4 is 0 Å². The monoisotopic (exact) mass is 2260 g/mol. The summed E-state index contributed by atoms with van der Waals surface area (Å²) in [4.78, 5) is 20.0. The zero-order chi connectivity index (χ0) is 88.8. The molecule has 0 aliphatic heterocycles. The molecule has 0 saturated heterocycles. The number of pyridine rings is 1. The van der Waals surface area contributed by atoms with E-state index >= 15 is 0 Å². The largest absolute Gasteiger partial charge is 0.493 e. The first-order valence-electron chi connectivity index (χ1n) is 46.6. The normalized spacial score (nSPS) is 13.3. The van der Waals surface area contributed by atoms with Crippen LogP contribution >= 0.6 is 0 Å². The number of aromatic nitrogens is 10. The summed E-state index contributed by atoms with van der Waals surface area (Å²) in [5.41, 5.74) is 29.3. The second kappa shape index (κ2) is 45.6. The summed E-state index contributed by atoms with van der Waals surface area (Å²) in [6.07, 6.45) is 15.6. The van der Waals surface area contributed by atoms with Crippen LogP contribution in [0.4, 0.5) is 0 Å². The van der Waals surface area contributed by atoms with Gasteiger partial charge in [-0.3, -0.25) is 34.0 Å². The van der Waals surface area contributed by atoms with Gasteiger partial charge >= 0.3 is 0 Å². The van der Waals surface area contributed by atoms with E-state index < -0.39 is 0 Å². The summed E-state index contributed by atoms with van der Waals surface area (Å²) in [6.45, 7) is 37.0. The molecular weight excluding hydrogens is 2130 g/mol. The third-order valence-electron chi connectivity index (χ3n) is 25.2. The Morgan fingerprint density at radius 3 is 1.25 bits per heavy atom. The third kappa shape index (κ3) is 22.8. The summed E-state index contributed by atoms with van der Waals surface area (Å²) in [6, 6.07) is 97.7. The second-order valence-electron chi connectivity index (χ2n) is 36.5. The Morgan fingerprint density at radius 1 is 0.369 bits per heavy atom. The van der Waals surface area contributed by atoms with Crippen LogP contribution in [0.5, 0.6) is 11.5 Å². The molecule has 18 rings (SSSR count). The summed E-state index contributed by atoms with van der Waals surface area (Å²) in [5, 5.41) is 15.5. The molecule has 12 nitrogen and oxygen atoms in total.